The summed E-state index contributed by atoms with van der Waals surface area (Å²) in [6, 6.07) is 4.51. The van der Waals surface area contributed by atoms with E-state index in [1.54, 1.807) is 6.20 Å². The van der Waals surface area contributed by atoms with Crippen LogP contribution in [0.5, 0.6) is 11.6 Å². The maximum atomic E-state index is 13.4. The first-order chi connectivity index (χ1) is 8.49. The molecule has 1 aromatic carbocycles. The predicted octanol–water partition coefficient (Wildman–Crippen LogP) is 4.43. The van der Waals surface area contributed by atoms with Gasteiger partial charge in [-0.05, 0) is 56.5 Å². The van der Waals surface area contributed by atoms with Gasteiger partial charge >= 0.3 is 0 Å². The quantitative estimate of drug-likeness (QED) is 0.790. The normalized spacial score (nSPS) is 10.4. The van der Waals surface area contributed by atoms with Crippen LogP contribution in [0.3, 0.4) is 0 Å². The number of nitrogens with zero attached hydrogens (tertiary/aromatic N) is 1. The number of rotatable bonds is 2. The first kappa shape index (κ1) is 13.3. The number of hydrogen-bond acceptors (Lipinski definition) is 3. The Kier molecular flexibility index (Phi) is 3.87. The number of aryl methyl sites for hydroxylation is 1. The molecule has 0 radical (unpaired) electrons. The molecule has 0 saturated carbocycles. The number of pyridine rings is 1. The number of anilines is 1. The number of nitrogens with two attached hydrogens (primary N) is 1. The van der Waals surface area contributed by atoms with E-state index in [0.29, 0.717) is 20.5 Å². The van der Waals surface area contributed by atoms with Crippen LogP contribution in [0.4, 0.5) is 10.1 Å². The van der Waals surface area contributed by atoms with E-state index in [2.05, 4.69) is 36.8 Å². The molecule has 0 spiro atoms. The molecule has 0 aliphatic rings. The van der Waals surface area contributed by atoms with Crippen LogP contribution in [-0.2, 0) is 0 Å². The van der Waals surface area contributed by atoms with Gasteiger partial charge < -0.3 is 10.5 Å². The highest BCUT2D eigenvalue weighted by molar-refractivity contribution is 9.10. The lowest BCUT2D eigenvalue weighted by molar-refractivity contribution is 0.456. The zero-order valence-electron chi connectivity index (χ0n) is 9.38. The van der Waals surface area contributed by atoms with Crippen LogP contribution < -0.4 is 10.5 Å². The molecule has 3 nitrogen and oxygen atoms in total. The van der Waals surface area contributed by atoms with Crippen molar-refractivity contribution < 1.29 is 9.13 Å². The molecule has 2 N–H and O–H groups in total. The lowest BCUT2D eigenvalue weighted by Gasteiger charge is -2.10. The molecule has 0 unspecified atom stereocenters. The molecule has 94 valence electrons. The Morgan fingerprint density at radius 2 is 2.06 bits per heavy atom. The molecule has 0 aliphatic carbocycles. The number of benzene rings is 1. The Labute approximate surface area is 120 Å². The third-order valence-corrected chi connectivity index (χ3v) is 3.88. The molecule has 2 aromatic rings. The van der Waals surface area contributed by atoms with Crippen molar-refractivity contribution in [1.82, 2.24) is 4.98 Å². The van der Waals surface area contributed by atoms with E-state index in [1.807, 2.05) is 13.0 Å². The summed E-state index contributed by atoms with van der Waals surface area (Å²) < 4.78 is 20.0. The average molecular weight is 376 g/mol. The molecule has 0 saturated heterocycles. The monoisotopic (exact) mass is 374 g/mol. The second-order valence-corrected chi connectivity index (χ2v) is 5.30. The maximum Gasteiger partial charge on any atom is 0.233 e. The number of halogens is 3. The van der Waals surface area contributed by atoms with E-state index in [-0.39, 0.29) is 5.75 Å². The molecule has 0 aliphatic heterocycles. The van der Waals surface area contributed by atoms with Crippen LogP contribution >= 0.6 is 31.9 Å². The van der Waals surface area contributed by atoms with Gasteiger partial charge in [-0.3, -0.25) is 0 Å². The van der Waals surface area contributed by atoms with Crippen molar-refractivity contribution in [1.29, 1.82) is 0 Å². The molecule has 1 aromatic heterocycles. The first-order valence-corrected chi connectivity index (χ1v) is 6.61. The van der Waals surface area contributed by atoms with E-state index in [0.717, 1.165) is 5.56 Å². The largest absolute Gasteiger partial charge is 0.436 e. The summed E-state index contributed by atoms with van der Waals surface area (Å²) in [7, 11) is 0. The maximum absolute atomic E-state index is 13.4. The van der Waals surface area contributed by atoms with Gasteiger partial charge in [-0.2, -0.15) is 0 Å². The van der Waals surface area contributed by atoms with Gasteiger partial charge in [0.2, 0.25) is 5.88 Å². The first-order valence-electron chi connectivity index (χ1n) is 5.02. The van der Waals surface area contributed by atoms with Crippen LogP contribution in [0.2, 0.25) is 0 Å². The Bertz CT molecular complexity index is 605. The van der Waals surface area contributed by atoms with Crippen molar-refractivity contribution in [2.75, 3.05) is 5.73 Å². The molecule has 0 bridgehead atoms. The minimum Gasteiger partial charge on any atom is -0.436 e. The van der Waals surface area contributed by atoms with Crippen molar-refractivity contribution in [2.24, 2.45) is 0 Å². The Morgan fingerprint density at radius 1 is 1.33 bits per heavy atom. The van der Waals surface area contributed by atoms with Gasteiger partial charge in [0.05, 0.1) is 14.6 Å². The summed E-state index contributed by atoms with van der Waals surface area (Å²) in [5.74, 6) is 0.140. The molecule has 1 heterocycles. The zero-order chi connectivity index (χ0) is 13.3. The Morgan fingerprint density at radius 3 is 2.78 bits per heavy atom. The minimum atomic E-state index is -0.442. The van der Waals surface area contributed by atoms with Crippen LogP contribution in [-0.4, -0.2) is 4.98 Å². The van der Waals surface area contributed by atoms with Gasteiger partial charge in [0.15, 0.2) is 5.75 Å². The Hall–Kier alpha value is -1.14. The van der Waals surface area contributed by atoms with Crippen molar-refractivity contribution in [2.45, 2.75) is 6.92 Å². The third kappa shape index (κ3) is 2.64. The molecular formula is C12H9Br2FN2O. The van der Waals surface area contributed by atoms with Crippen LogP contribution in [0.1, 0.15) is 5.56 Å². The van der Waals surface area contributed by atoms with Gasteiger partial charge in [0.1, 0.15) is 5.82 Å². The number of hydrogen-bond donors (Lipinski definition) is 1. The topological polar surface area (TPSA) is 48.1 Å². The fraction of sp³-hybridized carbons (Fsp3) is 0.0833. The molecular weight excluding hydrogens is 367 g/mol. The van der Waals surface area contributed by atoms with Crippen LogP contribution in [0.25, 0.3) is 0 Å². The summed E-state index contributed by atoms with van der Waals surface area (Å²) in [4.78, 5) is 4.07. The van der Waals surface area contributed by atoms with E-state index in [9.17, 15) is 4.39 Å². The number of aromatic nitrogens is 1. The van der Waals surface area contributed by atoms with E-state index in [1.165, 1.54) is 12.1 Å². The molecule has 0 fully saturated rings. The van der Waals surface area contributed by atoms with E-state index < -0.39 is 5.82 Å². The smallest absolute Gasteiger partial charge is 0.233 e. The van der Waals surface area contributed by atoms with Gasteiger partial charge in [0.25, 0.3) is 0 Å². The summed E-state index contributed by atoms with van der Waals surface area (Å²) in [6.07, 6.45) is 1.61. The SMILES string of the molecule is Cc1ccnc(Oc2cc(F)c(Br)cc2N)c1Br. The molecule has 0 atom stereocenters. The number of ether oxygens (including phenoxy) is 1. The summed E-state index contributed by atoms with van der Waals surface area (Å²) >= 11 is 6.42. The molecule has 18 heavy (non-hydrogen) atoms. The van der Waals surface area contributed by atoms with E-state index in [4.69, 9.17) is 10.5 Å². The molecule has 6 heteroatoms. The highest BCUT2D eigenvalue weighted by Gasteiger charge is 2.11. The average Bonchev–Trinajstić information content (AvgIpc) is 2.32. The summed E-state index contributed by atoms with van der Waals surface area (Å²) in [6.45, 7) is 1.91. The lowest BCUT2D eigenvalue weighted by atomic mass is 10.3. The van der Waals surface area contributed by atoms with Gasteiger partial charge in [-0.15, -0.1) is 0 Å². The van der Waals surface area contributed by atoms with Crippen LogP contribution in [0.15, 0.2) is 33.3 Å². The fourth-order valence-corrected chi connectivity index (χ4v) is 2.00. The zero-order valence-corrected chi connectivity index (χ0v) is 12.5. The Balaban J connectivity index is 2.40. The second kappa shape index (κ2) is 5.24. The standard InChI is InChI=1S/C12H9Br2FN2O/c1-6-2-3-17-12(11(6)14)18-10-5-8(15)7(13)4-9(10)16/h2-5H,16H2,1H3. The van der Waals surface area contributed by atoms with E-state index >= 15 is 0 Å². The highest BCUT2D eigenvalue weighted by atomic mass is 79.9. The third-order valence-electron chi connectivity index (χ3n) is 2.31. The minimum absolute atomic E-state index is 0.231. The second-order valence-electron chi connectivity index (χ2n) is 3.65. The summed E-state index contributed by atoms with van der Waals surface area (Å²) in [5.41, 5.74) is 7.06. The lowest BCUT2D eigenvalue weighted by Crippen LogP contribution is -1.96. The van der Waals surface area contributed by atoms with Crippen molar-refractivity contribution >= 4 is 37.5 Å². The van der Waals surface area contributed by atoms with Gasteiger partial charge in [0, 0.05) is 12.3 Å². The van der Waals surface area contributed by atoms with Gasteiger partial charge in [-0.1, -0.05) is 0 Å². The van der Waals surface area contributed by atoms with Crippen LogP contribution in [0, 0.1) is 12.7 Å². The predicted molar refractivity (Wildman–Crippen MR) is 75.3 cm³/mol. The van der Waals surface area contributed by atoms with Crippen molar-refractivity contribution in [3.05, 3.63) is 44.7 Å². The molecule has 2 rings (SSSR count). The molecule has 0 amide bonds. The van der Waals surface area contributed by atoms with Gasteiger partial charge in [-0.25, -0.2) is 9.37 Å². The fourth-order valence-electron chi connectivity index (χ4n) is 1.32. The van der Waals surface area contributed by atoms with Crippen molar-refractivity contribution in [3.63, 3.8) is 0 Å². The summed E-state index contributed by atoms with van der Waals surface area (Å²) in [5, 5.41) is 0. The number of nitrogen functional groups attached to an aromatic ring is 1. The van der Waals surface area contributed by atoms with Crippen molar-refractivity contribution in [3.8, 4) is 11.6 Å². The highest BCUT2D eigenvalue weighted by Crippen LogP contribution is 2.34.